The maximum Gasteiger partial charge on any atom is 0.355 e. The second-order valence-electron chi connectivity index (χ2n) is 5.97. The molecule has 0 atom stereocenters. The topological polar surface area (TPSA) is 71.2 Å². The van der Waals surface area contributed by atoms with E-state index in [1.54, 1.807) is 0 Å². The maximum absolute atomic E-state index is 11.2. The van der Waals surface area contributed by atoms with Crippen molar-refractivity contribution in [1.82, 2.24) is 19.4 Å². The Morgan fingerprint density at radius 2 is 2.05 bits per heavy atom. The molecule has 0 amide bonds. The Balaban J connectivity index is 1.72. The predicted molar refractivity (Wildman–Crippen MR) is 84.1 cm³/mol. The van der Waals surface area contributed by atoms with Gasteiger partial charge in [0.2, 0.25) is 0 Å². The largest absolute Gasteiger partial charge is 0.476 e. The van der Waals surface area contributed by atoms with Gasteiger partial charge in [-0.15, -0.1) is 0 Å². The highest BCUT2D eigenvalue weighted by atomic mass is 16.4. The summed E-state index contributed by atoms with van der Waals surface area (Å²) < 4.78 is 1.99. The van der Waals surface area contributed by atoms with E-state index in [0.29, 0.717) is 11.0 Å². The fraction of sp³-hybridized carbons (Fsp3) is 0.562. The second-order valence-corrected chi connectivity index (χ2v) is 5.97. The Kier molecular flexibility index (Phi) is 4.38. The summed E-state index contributed by atoms with van der Waals surface area (Å²) in [5.74, 6) is -1.00. The SMILES string of the molecule is Cn1c(CCCN2CCCCC2)cc2c(C(=O)O)ncnc21. The van der Waals surface area contributed by atoms with E-state index in [-0.39, 0.29) is 5.69 Å². The van der Waals surface area contributed by atoms with Gasteiger partial charge in [-0.2, -0.15) is 0 Å². The van der Waals surface area contributed by atoms with Gasteiger partial charge in [-0.05, 0) is 51.4 Å². The van der Waals surface area contributed by atoms with Crippen molar-refractivity contribution in [3.05, 3.63) is 23.8 Å². The first-order chi connectivity index (χ1) is 10.7. The van der Waals surface area contributed by atoms with Gasteiger partial charge in [-0.1, -0.05) is 6.42 Å². The standard InChI is InChI=1S/C16H22N4O2/c1-19-12(6-5-9-20-7-3-2-4-8-20)10-13-14(16(21)22)17-11-18-15(13)19/h10-11H,2-9H2,1H3,(H,21,22). The lowest BCUT2D eigenvalue weighted by Gasteiger charge is -2.26. The molecule has 0 aromatic carbocycles. The molecule has 0 radical (unpaired) electrons. The molecule has 1 aliphatic heterocycles. The number of nitrogens with zero attached hydrogens (tertiary/aromatic N) is 4. The zero-order valence-corrected chi connectivity index (χ0v) is 13.0. The molecular formula is C16H22N4O2. The average Bonchev–Trinajstić information content (AvgIpc) is 2.85. The van der Waals surface area contributed by atoms with E-state index in [0.717, 1.165) is 25.1 Å². The minimum absolute atomic E-state index is 0.0860. The molecule has 0 aliphatic carbocycles. The molecule has 2 aromatic rings. The lowest BCUT2D eigenvalue weighted by Crippen LogP contribution is -2.30. The number of rotatable bonds is 5. The number of fused-ring (bicyclic) bond motifs is 1. The van der Waals surface area contributed by atoms with Gasteiger partial charge in [0, 0.05) is 12.7 Å². The molecule has 22 heavy (non-hydrogen) atoms. The van der Waals surface area contributed by atoms with E-state index in [4.69, 9.17) is 0 Å². The summed E-state index contributed by atoms with van der Waals surface area (Å²) in [6, 6.07) is 1.93. The van der Waals surface area contributed by atoms with Crippen LogP contribution < -0.4 is 0 Å². The van der Waals surface area contributed by atoms with Crippen LogP contribution in [0.4, 0.5) is 0 Å². The van der Waals surface area contributed by atoms with Crippen molar-refractivity contribution in [2.24, 2.45) is 7.05 Å². The van der Waals surface area contributed by atoms with Gasteiger partial charge in [-0.25, -0.2) is 14.8 Å². The number of hydrogen-bond donors (Lipinski definition) is 1. The van der Waals surface area contributed by atoms with Gasteiger partial charge in [0.1, 0.15) is 12.0 Å². The highest BCUT2D eigenvalue weighted by Gasteiger charge is 2.16. The molecule has 0 unspecified atom stereocenters. The fourth-order valence-corrected chi connectivity index (χ4v) is 3.26. The van der Waals surface area contributed by atoms with Gasteiger partial charge in [0.05, 0.1) is 5.39 Å². The fourth-order valence-electron chi connectivity index (χ4n) is 3.26. The second kappa shape index (κ2) is 6.44. The summed E-state index contributed by atoms with van der Waals surface area (Å²) in [5, 5.41) is 9.85. The van der Waals surface area contributed by atoms with Gasteiger partial charge >= 0.3 is 5.97 Å². The number of carbonyl (C=O) groups is 1. The van der Waals surface area contributed by atoms with Crippen molar-refractivity contribution >= 4 is 17.0 Å². The van der Waals surface area contributed by atoms with Crippen LogP contribution in [-0.2, 0) is 13.5 Å². The number of piperidine rings is 1. The molecule has 6 heteroatoms. The number of carboxylic acids is 1. The van der Waals surface area contributed by atoms with E-state index in [1.165, 1.54) is 38.7 Å². The Labute approximate surface area is 129 Å². The maximum atomic E-state index is 11.2. The summed E-state index contributed by atoms with van der Waals surface area (Å²) in [6.07, 6.45) is 7.32. The summed E-state index contributed by atoms with van der Waals surface area (Å²) in [7, 11) is 1.94. The van der Waals surface area contributed by atoms with Crippen molar-refractivity contribution < 1.29 is 9.90 Å². The van der Waals surface area contributed by atoms with E-state index >= 15 is 0 Å². The highest BCUT2D eigenvalue weighted by Crippen LogP contribution is 2.20. The summed E-state index contributed by atoms with van der Waals surface area (Å²) in [5.41, 5.74) is 1.90. The molecule has 1 aliphatic rings. The molecule has 1 N–H and O–H groups in total. The van der Waals surface area contributed by atoms with Crippen molar-refractivity contribution in [3.8, 4) is 0 Å². The molecule has 6 nitrogen and oxygen atoms in total. The first-order valence-corrected chi connectivity index (χ1v) is 7.92. The molecule has 3 rings (SSSR count). The minimum Gasteiger partial charge on any atom is -0.476 e. The van der Waals surface area contributed by atoms with Crippen LogP contribution in [0.25, 0.3) is 11.0 Å². The lowest BCUT2D eigenvalue weighted by molar-refractivity contribution is 0.0692. The smallest absolute Gasteiger partial charge is 0.355 e. The quantitative estimate of drug-likeness (QED) is 0.915. The number of hydrogen-bond acceptors (Lipinski definition) is 4. The molecule has 2 aromatic heterocycles. The van der Waals surface area contributed by atoms with Crippen LogP contribution in [0.15, 0.2) is 12.4 Å². The third-order valence-electron chi connectivity index (χ3n) is 4.48. The van der Waals surface area contributed by atoms with Crippen LogP contribution in [0.1, 0.15) is 41.9 Å². The van der Waals surface area contributed by atoms with Crippen LogP contribution in [-0.4, -0.2) is 50.1 Å². The molecule has 3 heterocycles. The van der Waals surface area contributed by atoms with Crippen LogP contribution in [0.3, 0.4) is 0 Å². The number of aryl methyl sites for hydroxylation is 2. The molecule has 1 fully saturated rings. The molecule has 0 saturated carbocycles. The van der Waals surface area contributed by atoms with Crippen molar-refractivity contribution in [1.29, 1.82) is 0 Å². The Bertz CT molecular complexity index is 674. The molecule has 0 bridgehead atoms. The third-order valence-corrected chi connectivity index (χ3v) is 4.48. The number of aromatic nitrogens is 3. The third kappa shape index (κ3) is 2.97. The van der Waals surface area contributed by atoms with Crippen LogP contribution in [0, 0.1) is 0 Å². The lowest BCUT2D eigenvalue weighted by atomic mass is 10.1. The first-order valence-electron chi connectivity index (χ1n) is 7.92. The first kappa shape index (κ1) is 15.0. The van der Waals surface area contributed by atoms with E-state index < -0.39 is 5.97 Å². The summed E-state index contributed by atoms with van der Waals surface area (Å²) >= 11 is 0. The Morgan fingerprint density at radius 3 is 2.77 bits per heavy atom. The van der Waals surface area contributed by atoms with Crippen LogP contribution in [0.2, 0.25) is 0 Å². The molecule has 1 saturated heterocycles. The van der Waals surface area contributed by atoms with Crippen molar-refractivity contribution in [2.75, 3.05) is 19.6 Å². The van der Waals surface area contributed by atoms with Crippen LogP contribution in [0.5, 0.6) is 0 Å². The predicted octanol–water partition coefficient (Wildman–Crippen LogP) is 2.08. The molecule has 118 valence electrons. The van der Waals surface area contributed by atoms with Gasteiger partial charge in [-0.3, -0.25) is 0 Å². The van der Waals surface area contributed by atoms with Gasteiger partial charge in [0.15, 0.2) is 5.69 Å². The van der Waals surface area contributed by atoms with Crippen molar-refractivity contribution in [2.45, 2.75) is 32.1 Å². The summed E-state index contributed by atoms with van der Waals surface area (Å²) in [4.78, 5) is 21.9. The minimum atomic E-state index is -1.00. The van der Waals surface area contributed by atoms with E-state index in [9.17, 15) is 9.90 Å². The molecular weight excluding hydrogens is 280 g/mol. The number of likely N-dealkylation sites (tertiary alicyclic amines) is 1. The van der Waals surface area contributed by atoms with E-state index in [1.807, 2.05) is 17.7 Å². The Morgan fingerprint density at radius 1 is 1.27 bits per heavy atom. The van der Waals surface area contributed by atoms with Gasteiger partial charge < -0.3 is 14.6 Å². The normalized spacial score (nSPS) is 16.2. The van der Waals surface area contributed by atoms with Crippen LogP contribution >= 0.6 is 0 Å². The zero-order valence-electron chi connectivity index (χ0n) is 13.0. The number of carboxylic acid groups (broad SMARTS) is 1. The zero-order chi connectivity index (χ0) is 15.5. The summed E-state index contributed by atoms with van der Waals surface area (Å²) in [6.45, 7) is 3.53. The van der Waals surface area contributed by atoms with Crippen molar-refractivity contribution in [3.63, 3.8) is 0 Å². The van der Waals surface area contributed by atoms with Gasteiger partial charge in [0.25, 0.3) is 0 Å². The average molecular weight is 302 g/mol. The highest BCUT2D eigenvalue weighted by molar-refractivity contribution is 6.00. The monoisotopic (exact) mass is 302 g/mol. The number of aromatic carboxylic acids is 1. The Hall–Kier alpha value is -1.95. The van der Waals surface area contributed by atoms with E-state index in [2.05, 4.69) is 14.9 Å². The molecule has 0 spiro atoms.